The summed E-state index contributed by atoms with van der Waals surface area (Å²) in [6, 6.07) is 0.813. The van der Waals surface area contributed by atoms with Crippen LogP contribution in [0.15, 0.2) is 32.9 Å². The number of imide groups is 1. The second-order valence-corrected chi connectivity index (χ2v) is 11.8. The molecule has 0 aromatic heterocycles. The van der Waals surface area contributed by atoms with Gasteiger partial charge in [0.2, 0.25) is 11.8 Å². The van der Waals surface area contributed by atoms with Crippen molar-refractivity contribution < 1.29 is 29.1 Å². The van der Waals surface area contributed by atoms with Crippen LogP contribution in [0.5, 0.6) is 0 Å². The largest absolute Gasteiger partial charge is 0.478 e. The fourth-order valence-corrected chi connectivity index (χ4v) is 8.32. The molecule has 37 heavy (non-hydrogen) atoms. The zero-order valence-electron chi connectivity index (χ0n) is 19.1. The van der Waals surface area contributed by atoms with Gasteiger partial charge in [-0.25, -0.2) is 14.5 Å². The quantitative estimate of drug-likeness (QED) is 0.282. The molecule has 10 nitrogen and oxygen atoms in total. The Balaban J connectivity index is 0.00000159. The number of hydrogen-bond acceptors (Lipinski definition) is 6. The lowest BCUT2D eigenvalue weighted by molar-refractivity contribution is -0.117. The van der Waals surface area contributed by atoms with Crippen LogP contribution >= 0.6 is 95.6 Å². The fourth-order valence-electron chi connectivity index (χ4n) is 2.80. The van der Waals surface area contributed by atoms with Crippen LogP contribution in [-0.2, 0) is 9.59 Å². The molecular formula is C21H18Br6N4O6. The molecule has 0 heterocycles. The smallest absolute Gasteiger partial charge is 0.338 e. The summed E-state index contributed by atoms with van der Waals surface area (Å²) in [5, 5.41) is 12.2. The van der Waals surface area contributed by atoms with E-state index in [1.54, 1.807) is 13.0 Å². The molecule has 0 spiro atoms. The summed E-state index contributed by atoms with van der Waals surface area (Å²) >= 11 is 19.9. The van der Waals surface area contributed by atoms with Crippen LogP contribution in [0, 0.1) is 6.92 Å². The van der Waals surface area contributed by atoms with E-state index in [9.17, 15) is 29.1 Å². The lowest BCUT2D eigenvalue weighted by atomic mass is 9.98. The molecule has 0 aliphatic rings. The number of ketones is 1. The predicted octanol–water partition coefficient (Wildman–Crippen LogP) is 5.62. The van der Waals surface area contributed by atoms with Gasteiger partial charge in [-0.2, -0.15) is 0 Å². The molecule has 0 unspecified atom stereocenters. The fraction of sp³-hybridized carbons (Fsp3) is 0.190. The number of carbonyl (C=O) groups excluding carboxylic acids is 4. The molecule has 0 saturated heterocycles. The number of halogens is 6. The minimum absolute atomic E-state index is 0.000946. The first-order chi connectivity index (χ1) is 17.0. The lowest BCUT2D eigenvalue weighted by Gasteiger charge is -2.25. The van der Waals surface area contributed by atoms with Crippen molar-refractivity contribution in [3.8, 4) is 0 Å². The predicted molar refractivity (Wildman–Crippen MR) is 160 cm³/mol. The number of carbonyl (C=O) groups is 5. The van der Waals surface area contributed by atoms with E-state index in [-0.39, 0.29) is 41.7 Å². The van der Waals surface area contributed by atoms with Gasteiger partial charge in [0.15, 0.2) is 5.78 Å². The molecule has 0 saturated carbocycles. The van der Waals surface area contributed by atoms with Gasteiger partial charge in [-0.3, -0.25) is 14.4 Å². The third-order valence-corrected chi connectivity index (χ3v) is 9.20. The van der Waals surface area contributed by atoms with Gasteiger partial charge in [0.05, 0.1) is 37.9 Å². The van der Waals surface area contributed by atoms with E-state index in [1.807, 2.05) is 0 Å². The van der Waals surface area contributed by atoms with Gasteiger partial charge < -0.3 is 21.9 Å². The molecule has 0 atom stereocenters. The number of nitrogens with two attached hydrogens (primary N) is 2. The summed E-state index contributed by atoms with van der Waals surface area (Å²) in [7, 11) is 1.29. The second kappa shape index (κ2) is 14.3. The number of carboxylic acid groups (broad SMARTS) is 1. The van der Waals surface area contributed by atoms with E-state index in [1.165, 1.54) is 14.0 Å². The van der Waals surface area contributed by atoms with E-state index in [0.29, 0.717) is 13.8 Å². The number of carboxylic acids is 1. The second-order valence-electron chi connectivity index (χ2n) is 6.93. The Morgan fingerprint density at radius 1 is 0.892 bits per heavy atom. The molecule has 4 amide bonds. The van der Waals surface area contributed by atoms with Gasteiger partial charge >= 0.3 is 12.0 Å². The number of hydrogen-bond donors (Lipinski definition) is 4. The maximum absolute atomic E-state index is 13.8. The Morgan fingerprint density at radius 2 is 1.38 bits per heavy atom. The van der Waals surface area contributed by atoms with Crippen LogP contribution in [0.3, 0.4) is 0 Å². The van der Waals surface area contributed by atoms with Crippen molar-refractivity contribution >= 4 is 131 Å². The summed E-state index contributed by atoms with van der Waals surface area (Å²) in [6.45, 7) is 2.54. The van der Waals surface area contributed by atoms with Crippen molar-refractivity contribution in [3.05, 3.63) is 55.2 Å². The molecular weight excluding hydrogens is 884 g/mol. The van der Waals surface area contributed by atoms with Gasteiger partial charge in [0.1, 0.15) is 0 Å². The summed E-state index contributed by atoms with van der Waals surface area (Å²) < 4.78 is 1.46. The van der Waals surface area contributed by atoms with Crippen LogP contribution in [0.4, 0.5) is 10.5 Å². The molecule has 2 aromatic rings. The number of amides is 4. The third kappa shape index (κ3) is 7.48. The first-order valence-corrected chi connectivity index (χ1v) is 14.4. The van der Waals surface area contributed by atoms with E-state index >= 15 is 0 Å². The molecule has 0 radical (unpaired) electrons. The minimum atomic E-state index is -1.40. The van der Waals surface area contributed by atoms with Crippen molar-refractivity contribution in [3.63, 3.8) is 0 Å². The van der Waals surface area contributed by atoms with E-state index < -0.39 is 30.2 Å². The molecule has 200 valence electrons. The molecule has 0 aliphatic heterocycles. The highest BCUT2D eigenvalue weighted by Crippen LogP contribution is 2.46. The van der Waals surface area contributed by atoms with Gasteiger partial charge in [0, 0.05) is 31.9 Å². The zero-order valence-corrected chi connectivity index (χ0v) is 28.7. The van der Waals surface area contributed by atoms with Crippen molar-refractivity contribution in [2.45, 2.75) is 13.8 Å². The van der Waals surface area contributed by atoms with Crippen LogP contribution in [-0.4, -0.2) is 48.3 Å². The minimum Gasteiger partial charge on any atom is -0.478 e. The normalized spacial score (nSPS) is 10.2. The van der Waals surface area contributed by atoms with E-state index in [4.69, 9.17) is 5.73 Å². The molecule has 6 N–H and O–H groups in total. The number of benzene rings is 2. The molecule has 2 rings (SSSR count). The zero-order chi connectivity index (χ0) is 28.9. The van der Waals surface area contributed by atoms with Crippen LogP contribution in [0.1, 0.15) is 38.8 Å². The maximum atomic E-state index is 13.8. The number of primary amides is 1. The van der Waals surface area contributed by atoms with E-state index in [0.717, 1.165) is 10.0 Å². The SMILES string of the molecule is CC(N)=O.CNC(=O)N(C(=O)CN)c1c(Br)c(C(=O)O)c(Br)c(C(=O)c2c(Br)cc(Br)c(C)c2Br)c1Br. The highest BCUT2D eigenvalue weighted by Gasteiger charge is 2.35. The van der Waals surface area contributed by atoms with Gasteiger partial charge in [0.25, 0.3) is 0 Å². The Kier molecular flexibility index (Phi) is 13.1. The third-order valence-electron chi connectivity index (χ3n) is 4.43. The maximum Gasteiger partial charge on any atom is 0.338 e. The Morgan fingerprint density at radius 3 is 1.81 bits per heavy atom. The van der Waals surface area contributed by atoms with Gasteiger partial charge in [-0.1, -0.05) is 15.9 Å². The monoisotopic (exact) mass is 896 g/mol. The summed E-state index contributed by atoms with van der Waals surface area (Å²) in [5.74, 6) is -3.15. The molecule has 16 heteroatoms. The Hall–Kier alpha value is -1.17. The number of anilines is 1. The lowest BCUT2D eigenvalue weighted by Crippen LogP contribution is -2.46. The summed E-state index contributed by atoms with van der Waals surface area (Å²) in [4.78, 5) is 60.9. The first-order valence-electron chi connectivity index (χ1n) is 9.68. The van der Waals surface area contributed by atoms with Crippen molar-refractivity contribution in [1.29, 1.82) is 0 Å². The number of aromatic carboxylic acids is 1. The molecule has 0 aliphatic carbocycles. The summed E-state index contributed by atoms with van der Waals surface area (Å²) in [6.07, 6.45) is 0. The van der Waals surface area contributed by atoms with Crippen LogP contribution < -0.4 is 21.7 Å². The average Bonchev–Trinajstić information content (AvgIpc) is 2.78. The highest BCUT2D eigenvalue weighted by molar-refractivity contribution is 9.12. The van der Waals surface area contributed by atoms with Crippen LogP contribution in [0.25, 0.3) is 0 Å². The van der Waals surface area contributed by atoms with E-state index in [2.05, 4.69) is 107 Å². The number of rotatable bonds is 5. The van der Waals surface area contributed by atoms with Gasteiger partial charge in [-0.15, -0.1) is 0 Å². The van der Waals surface area contributed by atoms with Crippen molar-refractivity contribution in [2.75, 3.05) is 18.5 Å². The number of nitrogens with zero attached hydrogens (tertiary/aromatic N) is 1. The van der Waals surface area contributed by atoms with Crippen molar-refractivity contribution in [1.82, 2.24) is 5.32 Å². The first kappa shape index (κ1) is 33.9. The average molecular weight is 902 g/mol. The number of nitrogens with one attached hydrogen (secondary N) is 1. The summed E-state index contributed by atoms with van der Waals surface area (Å²) in [5.41, 5.74) is 10.2. The van der Waals surface area contributed by atoms with Gasteiger partial charge in [-0.05, 0) is 98.2 Å². The standard InChI is InChI=1S/C19H13Br6N3O5.C2H5NO/c1-5-6(20)3-7(21)9(12(5)22)17(30)10-13(23)11(18(31)32)15(25)16(14(10)24)28(8(29)4-26)19(33)27-2;1-2(3)4/h3H,4,26H2,1-2H3,(H,27,33)(H,31,32);1H3,(H2,3,4). The van der Waals surface area contributed by atoms with Crippen LogP contribution in [0.2, 0.25) is 0 Å². The molecule has 0 fully saturated rings. The molecule has 0 bridgehead atoms. The topological polar surface area (TPSA) is 173 Å². The highest BCUT2D eigenvalue weighted by atomic mass is 79.9. The Labute approximate surface area is 262 Å². The molecule has 2 aromatic carbocycles. The Bertz CT molecular complexity index is 1300. The van der Waals surface area contributed by atoms with Crippen molar-refractivity contribution in [2.24, 2.45) is 11.5 Å². The number of urea groups is 1.